The molecule has 0 fully saturated rings. The summed E-state index contributed by atoms with van der Waals surface area (Å²) in [5.41, 5.74) is 6.10. The Hall–Kier alpha value is -2.51. The summed E-state index contributed by atoms with van der Waals surface area (Å²) in [7, 11) is 0. The molecule has 2 N–H and O–H groups in total. The molecular formula is C17H15ClN4O2S. The molecule has 2 aromatic carbocycles. The van der Waals surface area contributed by atoms with Crippen LogP contribution in [0.15, 0.2) is 59.8 Å². The molecule has 25 heavy (non-hydrogen) atoms. The first-order chi connectivity index (χ1) is 12.1. The van der Waals surface area contributed by atoms with Crippen molar-refractivity contribution < 1.29 is 9.53 Å². The van der Waals surface area contributed by atoms with E-state index in [1.54, 1.807) is 12.1 Å². The molecular weight excluding hydrogens is 360 g/mol. The smallest absolute Gasteiger partial charge is 0.227 e. The van der Waals surface area contributed by atoms with Crippen LogP contribution in [0, 0.1) is 0 Å². The van der Waals surface area contributed by atoms with Crippen LogP contribution in [0.1, 0.15) is 5.82 Å². The topological polar surface area (TPSA) is 83.0 Å². The average Bonchev–Trinajstić information content (AvgIpc) is 3.03. The van der Waals surface area contributed by atoms with Gasteiger partial charge in [-0.1, -0.05) is 53.7 Å². The Morgan fingerprint density at radius 3 is 2.56 bits per heavy atom. The molecule has 8 heteroatoms. The van der Waals surface area contributed by atoms with E-state index >= 15 is 0 Å². The zero-order valence-corrected chi connectivity index (χ0v) is 14.7. The van der Waals surface area contributed by atoms with Crippen LogP contribution in [0.5, 0.6) is 5.75 Å². The Kier molecular flexibility index (Phi) is 5.57. The molecule has 3 rings (SSSR count). The minimum atomic E-state index is -0.415. The number of para-hydroxylation sites is 2. The second-order valence-electron chi connectivity index (χ2n) is 5.04. The Morgan fingerprint density at radius 1 is 1.12 bits per heavy atom. The van der Waals surface area contributed by atoms with Gasteiger partial charge in [-0.3, -0.25) is 9.36 Å². The molecule has 0 spiro atoms. The third-order valence-corrected chi connectivity index (χ3v) is 4.52. The van der Waals surface area contributed by atoms with Gasteiger partial charge in [-0.25, -0.2) is 0 Å². The fourth-order valence-corrected chi connectivity index (χ4v) is 3.06. The fraction of sp³-hybridized carbons (Fsp3) is 0.118. The maximum atomic E-state index is 11.1. The molecule has 0 radical (unpaired) electrons. The third-order valence-electron chi connectivity index (χ3n) is 3.25. The van der Waals surface area contributed by atoms with Crippen LogP contribution in [0.25, 0.3) is 5.69 Å². The monoisotopic (exact) mass is 374 g/mol. The molecule has 1 amide bonds. The van der Waals surface area contributed by atoms with E-state index in [-0.39, 0.29) is 12.4 Å². The number of benzene rings is 2. The van der Waals surface area contributed by atoms with Crippen molar-refractivity contribution in [1.82, 2.24) is 14.8 Å². The van der Waals surface area contributed by atoms with E-state index in [1.165, 1.54) is 11.8 Å². The van der Waals surface area contributed by atoms with E-state index in [1.807, 2.05) is 47.0 Å². The molecule has 0 aliphatic rings. The van der Waals surface area contributed by atoms with E-state index in [2.05, 4.69) is 10.2 Å². The number of thioether (sulfide) groups is 1. The summed E-state index contributed by atoms with van der Waals surface area (Å²) >= 11 is 7.34. The number of nitrogens with two attached hydrogens (primary N) is 1. The van der Waals surface area contributed by atoms with Gasteiger partial charge in [0.25, 0.3) is 0 Å². The number of aromatic nitrogens is 3. The molecule has 6 nitrogen and oxygen atoms in total. The summed E-state index contributed by atoms with van der Waals surface area (Å²) in [6.07, 6.45) is 0. The maximum Gasteiger partial charge on any atom is 0.227 e. The van der Waals surface area contributed by atoms with Crippen LogP contribution in [-0.4, -0.2) is 26.4 Å². The highest BCUT2D eigenvalue weighted by atomic mass is 35.5. The zero-order chi connectivity index (χ0) is 17.6. The lowest BCUT2D eigenvalue weighted by atomic mass is 10.3. The predicted octanol–water partition coefficient (Wildman–Crippen LogP) is 3.08. The number of amides is 1. The molecule has 0 atom stereocenters. The molecule has 0 saturated heterocycles. The maximum absolute atomic E-state index is 11.1. The molecule has 0 aliphatic carbocycles. The summed E-state index contributed by atoms with van der Waals surface area (Å²) in [5.74, 6) is 0.869. The normalized spacial score (nSPS) is 10.6. The number of carbonyl (C=O) groups excluding carboxylic acids is 1. The zero-order valence-electron chi connectivity index (χ0n) is 13.1. The summed E-state index contributed by atoms with van der Waals surface area (Å²) in [4.78, 5) is 11.1. The highest BCUT2D eigenvalue weighted by Crippen LogP contribution is 2.26. The molecule has 1 heterocycles. The van der Waals surface area contributed by atoms with Crippen LogP contribution in [0.2, 0.25) is 5.02 Å². The lowest BCUT2D eigenvalue weighted by Gasteiger charge is -2.11. The molecule has 128 valence electrons. The van der Waals surface area contributed by atoms with Gasteiger partial charge in [0.15, 0.2) is 11.0 Å². The van der Waals surface area contributed by atoms with E-state index in [4.69, 9.17) is 22.1 Å². The quantitative estimate of drug-likeness (QED) is 0.642. The van der Waals surface area contributed by atoms with Crippen molar-refractivity contribution >= 4 is 29.3 Å². The molecule has 0 aliphatic heterocycles. The van der Waals surface area contributed by atoms with Gasteiger partial charge in [-0.2, -0.15) is 0 Å². The number of carbonyl (C=O) groups is 1. The van der Waals surface area contributed by atoms with Crippen molar-refractivity contribution in [3.8, 4) is 11.4 Å². The largest absolute Gasteiger partial charge is 0.484 e. The van der Waals surface area contributed by atoms with Gasteiger partial charge in [0.1, 0.15) is 12.4 Å². The highest BCUT2D eigenvalue weighted by Gasteiger charge is 2.16. The summed E-state index contributed by atoms with van der Waals surface area (Å²) in [6.45, 7) is 0.183. The minimum absolute atomic E-state index is 0.121. The second kappa shape index (κ2) is 8.04. The standard InChI is InChI=1S/C17H15ClN4O2S/c18-13-8-4-5-9-14(13)24-10-16-20-21-17(25-11-15(19)23)22(16)12-6-2-1-3-7-12/h1-9H,10-11H2,(H2,19,23). The Labute approximate surface area is 154 Å². The van der Waals surface area contributed by atoms with E-state index in [9.17, 15) is 4.79 Å². The number of halogens is 1. The molecule has 0 saturated carbocycles. The van der Waals surface area contributed by atoms with Gasteiger partial charge < -0.3 is 10.5 Å². The number of rotatable bonds is 7. The van der Waals surface area contributed by atoms with Crippen molar-refractivity contribution in [2.45, 2.75) is 11.8 Å². The van der Waals surface area contributed by atoms with E-state index in [0.717, 1.165) is 5.69 Å². The lowest BCUT2D eigenvalue weighted by molar-refractivity contribution is -0.115. The van der Waals surface area contributed by atoms with Gasteiger partial charge in [0.2, 0.25) is 5.91 Å². The number of hydrogen-bond acceptors (Lipinski definition) is 5. The van der Waals surface area contributed by atoms with Crippen LogP contribution >= 0.6 is 23.4 Å². The van der Waals surface area contributed by atoms with Gasteiger partial charge in [-0.15, -0.1) is 10.2 Å². The molecule has 1 aromatic heterocycles. The Morgan fingerprint density at radius 2 is 1.84 bits per heavy atom. The van der Waals surface area contributed by atoms with Gasteiger partial charge in [0, 0.05) is 5.69 Å². The number of hydrogen-bond donors (Lipinski definition) is 1. The van der Waals surface area contributed by atoms with Crippen molar-refractivity contribution in [3.05, 3.63) is 65.4 Å². The summed E-state index contributed by atoms with van der Waals surface area (Å²) < 4.78 is 7.61. The molecule has 3 aromatic rings. The first-order valence-corrected chi connectivity index (χ1v) is 8.79. The van der Waals surface area contributed by atoms with Crippen LogP contribution in [0.4, 0.5) is 0 Å². The highest BCUT2D eigenvalue weighted by molar-refractivity contribution is 7.99. The predicted molar refractivity (Wildman–Crippen MR) is 97.1 cm³/mol. The first kappa shape index (κ1) is 17.3. The summed E-state index contributed by atoms with van der Waals surface area (Å²) in [6, 6.07) is 16.8. The fourth-order valence-electron chi connectivity index (χ4n) is 2.16. The third kappa shape index (κ3) is 4.32. The average molecular weight is 375 g/mol. The van der Waals surface area contributed by atoms with Gasteiger partial charge in [-0.05, 0) is 24.3 Å². The lowest BCUT2D eigenvalue weighted by Crippen LogP contribution is -2.14. The summed E-state index contributed by atoms with van der Waals surface area (Å²) in [5, 5.41) is 9.44. The SMILES string of the molecule is NC(=O)CSc1nnc(COc2ccccc2Cl)n1-c1ccccc1. The van der Waals surface area contributed by atoms with Crippen LogP contribution in [-0.2, 0) is 11.4 Å². The Balaban J connectivity index is 1.88. The van der Waals surface area contributed by atoms with Crippen molar-refractivity contribution in [3.63, 3.8) is 0 Å². The van der Waals surface area contributed by atoms with Gasteiger partial charge in [0.05, 0.1) is 10.8 Å². The van der Waals surface area contributed by atoms with Crippen LogP contribution < -0.4 is 10.5 Å². The van der Waals surface area contributed by atoms with Crippen molar-refractivity contribution in [2.75, 3.05) is 5.75 Å². The van der Waals surface area contributed by atoms with Crippen molar-refractivity contribution in [1.29, 1.82) is 0 Å². The number of ether oxygens (including phenoxy) is 1. The molecule has 0 bridgehead atoms. The Bertz CT molecular complexity index is 870. The minimum Gasteiger partial charge on any atom is -0.484 e. The number of primary amides is 1. The first-order valence-electron chi connectivity index (χ1n) is 7.43. The number of nitrogens with zero attached hydrogens (tertiary/aromatic N) is 3. The van der Waals surface area contributed by atoms with E-state index in [0.29, 0.717) is 21.8 Å². The second-order valence-corrected chi connectivity index (χ2v) is 6.39. The van der Waals surface area contributed by atoms with Gasteiger partial charge >= 0.3 is 0 Å². The van der Waals surface area contributed by atoms with E-state index < -0.39 is 5.91 Å². The molecule has 0 unspecified atom stereocenters. The van der Waals surface area contributed by atoms with Crippen LogP contribution in [0.3, 0.4) is 0 Å². The van der Waals surface area contributed by atoms with Crippen molar-refractivity contribution in [2.24, 2.45) is 5.73 Å².